The van der Waals surface area contributed by atoms with Crippen molar-refractivity contribution in [1.82, 2.24) is 4.90 Å². The zero-order valence-corrected chi connectivity index (χ0v) is 13.6. The third kappa shape index (κ3) is 3.71. The number of ether oxygens (including phenoxy) is 1. The second-order valence-electron chi connectivity index (χ2n) is 5.89. The molecule has 0 bridgehead atoms. The topological polar surface area (TPSA) is 29.5 Å². The van der Waals surface area contributed by atoms with E-state index in [4.69, 9.17) is 4.74 Å². The largest absolute Gasteiger partial charge is 0.457 e. The van der Waals surface area contributed by atoms with Crippen molar-refractivity contribution in [2.45, 2.75) is 19.1 Å². The molecule has 0 fully saturated rings. The molecular formula is C19H15F4NO2. The van der Waals surface area contributed by atoms with Gasteiger partial charge in [0.25, 0.3) is 0 Å². The van der Waals surface area contributed by atoms with Gasteiger partial charge in [-0.05, 0) is 47.9 Å². The molecule has 0 atom stereocenters. The van der Waals surface area contributed by atoms with Crippen molar-refractivity contribution >= 4 is 5.91 Å². The SMILES string of the molecule is C=CC(=O)N1CCc2ccc(Oc3ccc(C(F)(F)F)c(F)c3)cc2C1. The second-order valence-corrected chi connectivity index (χ2v) is 5.89. The third-order valence-corrected chi connectivity index (χ3v) is 4.16. The van der Waals surface area contributed by atoms with Gasteiger partial charge in [-0.25, -0.2) is 4.39 Å². The lowest BCUT2D eigenvalue weighted by atomic mass is 9.99. The lowest BCUT2D eigenvalue weighted by molar-refractivity contribution is -0.140. The summed E-state index contributed by atoms with van der Waals surface area (Å²) in [6.45, 7) is 4.44. The normalized spacial score (nSPS) is 13.9. The minimum Gasteiger partial charge on any atom is -0.457 e. The first-order valence-electron chi connectivity index (χ1n) is 7.85. The molecule has 136 valence electrons. The second kappa shape index (κ2) is 6.82. The number of rotatable bonds is 3. The van der Waals surface area contributed by atoms with Gasteiger partial charge in [0.05, 0.1) is 5.56 Å². The van der Waals surface area contributed by atoms with E-state index in [1.54, 1.807) is 17.0 Å². The van der Waals surface area contributed by atoms with Crippen molar-refractivity contribution in [2.75, 3.05) is 6.54 Å². The number of benzene rings is 2. The standard InChI is InChI=1S/C19H15F4NO2/c1-2-18(25)24-8-7-12-3-4-14(9-13(12)11-24)26-15-5-6-16(17(20)10-15)19(21,22)23/h2-6,9-10H,1,7-8,11H2. The van der Waals surface area contributed by atoms with Crippen molar-refractivity contribution in [3.63, 3.8) is 0 Å². The van der Waals surface area contributed by atoms with Crippen LogP contribution >= 0.6 is 0 Å². The number of amides is 1. The maximum Gasteiger partial charge on any atom is 0.419 e. The zero-order valence-electron chi connectivity index (χ0n) is 13.6. The Labute approximate surface area is 147 Å². The fraction of sp³-hybridized carbons (Fsp3) is 0.211. The van der Waals surface area contributed by atoms with Crippen LogP contribution in [0.1, 0.15) is 16.7 Å². The summed E-state index contributed by atoms with van der Waals surface area (Å²) >= 11 is 0. The van der Waals surface area contributed by atoms with Crippen LogP contribution in [0.2, 0.25) is 0 Å². The highest BCUT2D eigenvalue weighted by atomic mass is 19.4. The summed E-state index contributed by atoms with van der Waals surface area (Å²) in [5, 5.41) is 0. The number of hydrogen-bond acceptors (Lipinski definition) is 2. The summed E-state index contributed by atoms with van der Waals surface area (Å²) < 4.78 is 57.0. The molecule has 1 aliphatic heterocycles. The molecule has 3 rings (SSSR count). The number of nitrogens with zero attached hydrogens (tertiary/aromatic N) is 1. The van der Waals surface area contributed by atoms with Gasteiger partial charge in [0.1, 0.15) is 17.3 Å². The van der Waals surface area contributed by atoms with Crippen LogP contribution in [0.3, 0.4) is 0 Å². The Bertz CT molecular complexity index is 861. The highest BCUT2D eigenvalue weighted by Gasteiger charge is 2.34. The van der Waals surface area contributed by atoms with Gasteiger partial charge >= 0.3 is 6.18 Å². The molecule has 0 aliphatic carbocycles. The molecule has 2 aromatic rings. The van der Waals surface area contributed by atoms with Crippen LogP contribution in [0, 0.1) is 5.82 Å². The smallest absolute Gasteiger partial charge is 0.419 e. The molecule has 1 aliphatic rings. The van der Waals surface area contributed by atoms with Gasteiger partial charge in [0.15, 0.2) is 0 Å². The number of alkyl halides is 3. The quantitative estimate of drug-likeness (QED) is 0.583. The molecule has 0 radical (unpaired) electrons. The summed E-state index contributed by atoms with van der Waals surface area (Å²) in [4.78, 5) is 13.4. The fourth-order valence-corrected chi connectivity index (χ4v) is 2.84. The van der Waals surface area contributed by atoms with Crippen LogP contribution in [0.4, 0.5) is 17.6 Å². The zero-order chi connectivity index (χ0) is 18.9. The van der Waals surface area contributed by atoms with Crippen LogP contribution in [0.15, 0.2) is 49.1 Å². The molecule has 0 saturated heterocycles. The van der Waals surface area contributed by atoms with Gasteiger partial charge in [-0.15, -0.1) is 0 Å². The molecular weight excluding hydrogens is 350 g/mol. The minimum absolute atomic E-state index is 0.0368. The van der Waals surface area contributed by atoms with Crippen molar-refractivity contribution in [3.8, 4) is 11.5 Å². The third-order valence-electron chi connectivity index (χ3n) is 4.16. The highest BCUT2D eigenvalue weighted by Crippen LogP contribution is 2.34. The molecule has 26 heavy (non-hydrogen) atoms. The maximum absolute atomic E-state index is 13.6. The Morgan fingerprint density at radius 3 is 2.46 bits per heavy atom. The summed E-state index contributed by atoms with van der Waals surface area (Å²) in [5.74, 6) is -1.25. The molecule has 2 aromatic carbocycles. The first-order valence-corrected chi connectivity index (χ1v) is 7.85. The van der Waals surface area contributed by atoms with E-state index in [9.17, 15) is 22.4 Å². The average Bonchev–Trinajstić information content (AvgIpc) is 2.59. The molecule has 3 nitrogen and oxygen atoms in total. The number of fused-ring (bicyclic) bond motifs is 1. The summed E-state index contributed by atoms with van der Waals surface area (Å²) in [7, 11) is 0. The monoisotopic (exact) mass is 365 g/mol. The van der Waals surface area contributed by atoms with Gasteiger partial charge in [-0.3, -0.25) is 4.79 Å². The van der Waals surface area contributed by atoms with Crippen molar-refractivity contribution < 1.29 is 27.1 Å². The van der Waals surface area contributed by atoms with Crippen molar-refractivity contribution in [1.29, 1.82) is 0 Å². The van der Waals surface area contributed by atoms with Gasteiger partial charge in [0, 0.05) is 19.2 Å². The Balaban J connectivity index is 1.81. The molecule has 7 heteroatoms. The van der Waals surface area contributed by atoms with E-state index in [-0.39, 0.29) is 11.7 Å². The number of carbonyl (C=O) groups excluding carboxylic acids is 1. The summed E-state index contributed by atoms with van der Waals surface area (Å²) in [5.41, 5.74) is 0.592. The maximum atomic E-state index is 13.6. The number of hydrogen-bond donors (Lipinski definition) is 0. The molecule has 0 N–H and O–H groups in total. The molecule has 0 saturated carbocycles. The van der Waals surface area contributed by atoms with Gasteiger partial charge in [-0.2, -0.15) is 13.2 Å². The van der Waals surface area contributed by atoms with E-state index in [1.807, 2.05) is 6.07 Å². The molecule has 1 heterocycles. The van der Waals surface area contributed by atoms with Gasteiger partial charge < -0.3 is 9.64 Å². The van der Waals surface area contributed by atoms with Crippen LogP contribution in [-0.2, 0) is 23.9 Å². The predicted octanol–water partition coefficient (Wildman–Crippen LogP) is 4.71. The van der Waals surface area contributed by atoms with Gasteiger partial charge in [0.2, 0.25) is 5.91 Å². The van der Waals surface area contributed by atoms with Gasteiger partial charge in [-0.1, -0.05) is 12.6 Å². The van der Waals surface area contributed by atoms with Crippen LogP contribution < -0.4 is 4.74 Å². The first kappa shape index (κ1) is 18.0. The van der Waals surface area contributed by atoms with Crippen molar-refractivity contribution in [2.24, 2.45) is 0 Å². The molecule has 1 amide bonds. The first-order chi connectivity index (χ1) is 12.3. The Kier molecular flexibility index (Phi) is 4.71. The Morgan fingerprint density at radius 1 is 1.12 bits per heavy atom. The highest BCUT2D eigenvalue weighted by molar-refractivity contribution is 5.87. The van der Waals surface area contributed by atoms with Crippen molar-refractivity contribution in [3.05, 3.63) is 71.6 Å². The van der Waals surface area contributed by atoms with Crippen LogP contribution in [0.5, 0.6) is 11.5 Å². The Morgan fingerprint density at radius 2 is 1.81 bits per heavy atom. The van der Waals surface area contributed by atoms with E-state index in [2.05, 4.69) is 6.58 Å². The summed E-state index contributed by atoms with van der Waals surface area (Å²) in [6.07, 6.45) is -2.82. The lowest BCUT2D eigenvalue weighted by Gasteiger charge is -2.28. The van der Waals surface area contributed by atoms with E-state index in [0.717, 1.165) is 17.2 Å². The average molecular weight is 365 g/mol. The Hall–Kier alpha value is -2.83. The fourth-order valence-electron chi connectivity index (χ4n) is 2.84. The molecule has 0 aromatic heterocycles. The van der Waals surface area contributed by atoms with E-state index in [0.29, 0.717) is 37.4 Å². The van der Waals surface area contributed by atoms with E-state index >= 15 is 0 Å². The van der Waals surface area contributed by atoms with E-state index in [1.165, 1.54) is 6.08 Å². The minimum atomic E-state index is -4.75. The number of carbonyl (C=O) groups is 1. The van der Waals surface area contributed by atoms with Crippen LogP contribution in [0.25, 0.3) is 0 Å². The lowest BCUT2D eigenvalue weighted by Crippen LogP contribution is -2.34. The predicted molar refractivity (Wildman–Crippen MR) is 87.2 cm³/mol. The number of halogens is 4. The molecule has 0 spiro atoms. The van der Waals surface area contributed by atoms with E-state index < -0.39 is 17.6 Å². The van der Waals surface area contributed by atoms with Crippen LogP contribution in [-0.4, -0.2) is 17.4 Å². The molecule has 0 unspecified atom stereocenters. The summed E-state index contributed by atoms with van der Waals surface area (Å²) in [6, 6.07) is 7.62.